The minimum atomic E-state index is -0.481. The Morgan fingerprint density at radius 3 is 2.80 bits per heavy atom. The van der Waals surface area contributed by atoms with E-state index in [1.165, 1.54) is 23.9 Å². The third-order valence-electron chi connectivity index (χ3n) is 5.16. The van der Waals surface area contributed by atoms with Gasteiger partial charge < -0.3 is 10.3 Å². The lowest BCUT2D eigenvalue weighted by atomic mass is 9.96. The minimum Gasteiger partial charge on any atom is -0.361 e. The third kappa shape index (κ3) is 4.24. The normalized spacial score (nSPS) is 13.2. The van der Waals surface area contributed by atoms with Crippen LogP contribution in [-0.4, -0.2) is 21.6 Å². The molecule has 0 fully saturated rings. The van der Waals surface area contributed by atoms with Crippen molar-refractivity contribution in [2.75, 3.05) is 11.1 Å². The van der Waals surface area contributed by atoms with Crippen molar-refractivity contribution in [1.29, 1.82) is 5.26 Å². The van der Waals surface area contributed by atoms with E-state index in [1.807, 2.05) is 18.3 Å². The number of carbonyl (C=O) groups excluding carboxylic acids is 1. The number of amides is 1. The maximum absolute atomic E-state index is 13.8. The first-order valence-electron chi connectivity index (χ1n) is 9.94. The zero-order valence-corrected chi connectivity index (χ0v) is 17.2. The Kier molecular flexibility index (Phi) is 6.15. The number of nitriles is 1. The van der Waals surface area contributed by atoms with Crippen LogP contribution in [0.4, 0.5) is 10.1 Å². The molecule has 1 aliphatic rings. The number of carbonyl (C=O) groups is 1. The molecule has 4 rings (SSSR count). The number of para-hydroxylation sites is 1. The van der Waals surface area contributed by atoms with E-state index in [9.17, 15) is 14.4 Å². The first kappa shape index (κ1) is 20.2. The van der Waals surface area contributed by atoms with Crippen LogP contribution in [0.25, 0.3) is 11.3 Å². The van der Waals surface area contributed by atoms with E-state index in [0.29, 0.717) is 10.6 Å². The van der Waals surface area contributed by atoms with Gasteiger partial charge in [0.1, 0.15) is 16.9 Å². The van der Waals surface area contributed by atoms with Gasteiger partial charge in [-0.05, 0) is 55.5 Å². The van der Waals surface area contributed by atoms with Crippen molar-refractivity contribution in [3.05, 3.63) is 65.2 Å². The van der Waals surface area contributed by atoms with E-state index >= 15 is 0 Å². The molecule has 0 bridgehead atoms. The third-order valence-corrected chi connectivity index (χ3v) is 6.13. The lowest BCUT2D eigenvalue weighted by Gasteiger charge is -2.16. The predicted molar refractivity (Wildman–Crippen MR) is 116 cm³/mol. The molecule has 3 aromatic rings. The summed E-state index contributed by atoms with van der Waals surface area (Å²) < 4.78 is 13.8. The van der Waals surface area contributed by atoms with Gasteiger partial charge in [0.15, 0.2) is 0 Å². The van der Waals surface area contributed by atoms with E-state index in [2.05, 4.69) is 16.4 Å². The van der Waals surface area contributed by atoms with E-state index in [0.717, 1.165) is 54.6 Å². The number of aryl methyl sites for hydroxylation is 1. The Bertz CT molecular complexity index is 1110. The van der Waals surface area contributed by atoms with Crippen molar-refractivity contribution in [2.45, 2.75) is 37.1 Å². The number of pyridine rings is 1. The molecule has 5 nitrogen and oxygen atoms in total. The average molecular weight is 421 g/mol. The Morgan fingerprint density at radius 2 is 2.03 bits per heavy atom. The second-order valence-electron chi connectivity index (χ2n) is 7.17. The smallest absolute Gasteiger partial charge is 0.234 e. The molecule has 0 unspecified atom stereocenters. The summed E-state index contributed by atoms with van der Waals surface area (Å²) in [5, 5.41) is 13.1. The van der Waals surface area contributed by atoms with Gasteiger partial charge in [0.05, 0.1) is 17.0 Å². The van der Waals surface area contributed by atoms with Crippen LogP contribution in [0.3, 0.4) is 0 Å². The van der Waals surface area contributed by atoms with Crippen molar-refractivity contribution in [2.24, 2.45) is 0 Å². The van der Waals surface area contributed by atoms with Crippen molar-refractivity contribution in [3.8, 4) is 17.3 Å². The maximum atomic E-state index is 13.8. The van der Waals surface area contributed by atoms with E-state index in [1.54, 1.807) is 12.1 Å². The summed E-state index contributed by atoms with van der Waals surface area (Å²) in [5.41, 5.74) is 4.56. The van der Waals surface area contributed by atoms with Crippen LogP contribution in [0.15, 0.2) is 47.6 Å². The van der Waals surface area contributed by atoms with Gasteiger partial charge in [0.25, 0.3) is 0 Å². The number of benzene rings is 1. The van der Waals surface area contributed by atoms with Crippen LogP contribution in [0, 0.1) is 17.1 Å². The highest BCUT2D eigenvalue weighted by atomic mass is 32.2. The summed E-state index contributed by atoms with van der Waals surface area (Å²) >= 11 is 1.21. The molecule has 2 heterocycles. The lowest BCUT2D eigenvalue weighted by molar-refractivity contribution is -0.113. The number of aromatic amines is 1. The van der Waals surface area contributed by atoms with Gasteiger partial charge in [-0.2, -0.15) is 5.26 Å². The summed E-state index contributed by atoms with van der Waals surface area (Å²) in [6, 6.07) is 12.2. The molecule has 0 atom stereocenters. The molecule has 0 aliphatic heterocycles. The molecular weight excluding hydrogens is 399 g/mol. The van der Waals surface area contributed by atoms with Gasteiger partial charge in [0, 0.05) is 23.1 Å². The fourth-order valence-corrected chi connectivity index (χ4v) is 4.58. The molecule has 0 radical (unpaired) electrons. The van der Waals surface area contributed by atoms with Crippen LogP contribution in [0.2, 0.25) is 0 Å². The summed E-state index contributed by atoms with van der Waals surface area (Å²) in [6.45, 7) is 0. The van der Waals surface area contributed by atoms with Crippen molar-refractivity contribution < 1.29 is 9.18 Å². The van der Waals surface area contributed by atoms with E-state index in [4.69, 9.17) is 4.98 Å². The second kappa shape index (κ2) is 9.14. The zero-order chi connectivity index (χ0) is 20.9. The number of anilines is 1. The summed E-state index contributed by atoms with van der Waals surface area (Å²) in [7, 11) is 0. The Balaban J connectivity index is 1.64. The zero-order valence-electron chi connectivity index (χ0n) is 16.4. The van der Waals surface area contributed by atoms with Gasteiger partial charge in [-0.15, -0.1) is 0 Å². The largest absolute Gasteiger partial charge is 0.361 e. The van der Waals surface area contributed by atoms with Gasteiger partial charge in [0.2, 0.25) is 5.91 Å². The number of H-pyrrole nitrogens is 1. The SMILES string of the molecule is N#Cc1c(SCC(=O)Nc2ccccc2F)nc2c(c1-c1ccc[nH]1)CCCCC2. The standard InChI is InChI=1S/C23H21FN4OS/c24-17-8-4-5-10-19(17)27-21(29)14-30-23-16(13-25)22(20-11-6-12-26-20)15-7-2-1-3-9-18(15)28-23/h4-6,8,10-12,26H,1-3,7,9,14H2,(H,27,29). The fraction of sp³-hybridized carbons (Fsp3) is 0.261. The summed E-state index contributed by atoms with van der Waals surface area (Å²) in [5.74, 6) is -0.781. The van der Waals surface area contributed by atoms with Crippen LogP contribution >= 0.6 is 11.8 Å². The van der Waals surface area contributed by atoms with E-state index < -0.39 is 5.82 Å². The molecule has 2 N–H and O–H groups in total. The Morgan fingerprint density at radius 1 is 1.20 bits per heavy atom. The number of thioether (sulfide) groups is 1. The minimum absolute atomic E-state index is 0.0406. The summed E-state index contributed by atoms with van der Waals surface area (Å²) in [6.07, 6.45) is 6.87. The predicted octanol–water partition coefficient (Wildman–Crippen LogP) is 5.09. The molecule has 1 aliphatic carbocycles. The van der Waals surface area contributed by atoms with Crippen molar-refractivity contribution in [3.63, 3.8) is 0 Å². The molecule has 0 saturated carbocycles. The topological polar surface area (TPSA) is 81.6 Å². The van der Waals surface area contributed by atoms with Crippen LogP contribution < -0.4 is 5.32 Å². The van der Waals surface area contributed by atoms with Gasteiger partial charge >= 0.3 is 0 Å². The van der Waals surface area contributed by atoms with Crippen LogP contribution in [-0.2, 0) is 17.6 Å². The molecule has 2 aromatic heterocycles. The monoisotopic (exact) mass is 420 g/mol. The van der Waals surface area contributed by atoms with Crippen LogP contribution in [0.5, 0.6) is 0 Å². The Hall–Kier alpha value is -3.11. The van der Waals surface area contributed by atoms with Gasteiger partial charge in [-0.3, -0.25) is 4.79 Å². The highest BCUT2D eigenvalue weighted by molar-refractivity contribution is 8.00. The second-order valence-corrected chi connectivity index (χ2v) is 8.13. The number of hydrogen-bond acceptors (Lipinski definition) is 4. The molecular formula is C23H21FN4OS. The highest BCUT2D eigenvalue weighted by Gasteiger charge is 2.23. The van der Waals surface area contributed by atoms with Crippen LogP contribution in [0.1, 0.15) is 36.1 Å². The average Bonchev–Trinajstić information content (AvgIpc) is 3.18. The van der Waals surface area contributed by atoms with Crippen molar-refractivity contribution in [1.82, 2.24) is 9.97 Å². The number of nitrogens with one attached hydrogen (secondary N) is 2. The number of rotatable bonds is 5. The number of nitrogens with zero attached hydrogens (tertiary/aromatic N) is 2. The van der Waals surface area contributed by atoms with Gasteiger partial charge in [-0.1, -0.05) is 30.3 Å². The van der Waals surface area contributed by atoms with E-state index in [-0.39, 0.29) is 17.3 Å². The molecule has 0 saturated heterocycles. The Labute approximate surface area is 178 Å². The molecule has 1 aromatic carbocycles. The fourth-order valence-electron chi connectivity index (χ4n) is 3.77. The first-order chi connectivity index (χ1) is 14.7. The molecule has 152 valence electrons. The number of fused-ring (bicyclic) bond motifs is 1. The first-order valence-corrected chi connectivity index (χ1v) is 10.9. The molecule has 30 heavy (non-hydrogen) atoms. The maximum Gasteiger partial charge on any atom is 0.234 e. The number of aromatic nitrogens is 2. The highest BCUT2D eigenvalue weighted by Crippen LogP contribution is 2.36. The molecule has 7 heteroatoms. The number of halogens is 1. The van der Waals surface area contributed by atoms with Crippen molar-refractivity contribution >= 4 is 23.4 Å². The number of hydrogen-bond donors (Lipinski definition) is 2. The lowest BCUT2D eigenvalue weighted by Crippen LogP contribution is -2.15. The molecule has 0 spiro atoms. The molecule has 1 amide bonds. The quantitative estimate of drug-likeness (QED) is 0.445. The van der Waals surface area contributed by atoms with Gasteiger partial charge in [-0.25, -0.2) is 9.37 Å². The summed E-state index contributed by atoms with van der Waals surface area (Å²) in [4.78, 5) is 20.4.